The van der Waals surface area contributed by atoms with Crippen molar-refractivity contribution in [3.8, 4) is 0 Å². The molecule has 0 N–H and O–H groups in total. The molecular formula is C15H9Br2FS. The molecule has 1 aromatic heterocycles. The smallest absolute Gasteiger partial charge is 0.131 e. The Labute approximate surface area is 131 Å². The van der Waals surface area contributed by atoms with Crippen LogP contribution >= 0.6 is 43.2 Å². The Morgan fingerprint density at radius 1 is 1.05 bits per heavy atom. The van der Waals surface area contributed by atoms with Crippen LogP contribution < -0.4 is 0 Å². The van der Waals surface area contributed by atoms with E-state index in [0.717, 1.165) is 14.7 Å². The zero-order valence-corrected chi connectivity index (χ0v) is 13.7. The number of rotatable bonds is 2. The van der Waals surface area contributed by atoms with E-state index in [0.29, 0.717) is 5.39 Å². The highest BCUT2D eigenvalue weighted by Gasteiger charge is 2.16. The molecule has 3 aromatic rings. The molecule has 1 atom stereocenters. The van der Waals surface area contributed by atoms with Crippen LogP contribution in [0.2, 0.25) is 0 Å². The van der Waals surface area contributed by atoms with Crippen LogP contribution in [0.5, 0.6) is 0 Å². The van der Waals surface area contributed by atoms with Gasteiger partial charge in [-0.05, 0) is 50.0 Å². The summed E-state index contributed by atoms with van der Waals surface area (Å²) in [5.74, 6) is -0.175. The molecule has 0 fully saturated rings. The molecule has 1 unspecified atom stereocenters. The van der Waals surface area contributed by atoms with Gasteiger partial charge in [0, 0.05) is 5.39 Å². The Hall–Kier alpha value is -0.710. The average Bonchev–Trinajstić information content (AvgIpc) is 2.86. The quantitative estimate of drug-likeness (QED) is 0.444. The maximum Gasteiger partial charge on any atom is 0.131 e. The van der Waals surface area contributed by atoms with Crippen molar-refractivity contribution in [2.24, 2.45) is 0 Å². The second-order valence-corrected chi connectivity index (χ2v) is 7.44. The predicted octanol–water partition coefficient (Wildman–Crippen LogP) is 6.29. The maximum atomic E-state index is 13.8. The number of hydrogen-bond acceptors (Lipinski definition) is 1. The normalized spacial score (nSPS) is 12.8. The number of benzene rings is 2. The minimum Gasteiger partial charge on any atom is -0.206 e. The van der Waals surface area contributed by atoms with Crippen molar-refractivity contribution in [1.29, 1.82) is 0 Å². The summed E-state index contributed by atoms with van der Waals surface area (Å²) in [5.41, 5.74) is 2.26. The first-order chi connectivity index (χ1) is 9.16. The van der Waals surface area contributed by atoms with E-state index in [9.17, 15) is 4.39 Å². The first-order valence-corrected chi connectivity index (χ1v) is 8.31. The summed E-state index contributed by atoms with van der Waals surface area (Å²) >= 11 is 8.84. The second-order valence-electron chi connectivity index (χ2n) is 4.23. The lowest BCUT2D eigenvalue weighted by atomic mass is 9.99. The lowest BCUT2D eigenvalue weighted by Gasteiger charge is -2.12. The molecule has 3 rings (SSSR count). The molecule has 96 valence electrons. The van der Waals surface area contributed by atoms with Gasteiger partial charge in [-0.1, -0.05) is 46.3 Å². The number of halogens is 3. The van der Waals surface area contributed by atoms with Crippen molar-refractivity contribution in [2.75, 3.05) is 0 Å². The minimum absolute atomic E-state index is 0.0700. The van der Waals surface area contributed by atoms with Gasteiger partial charge in [-0.15, -0.1) is 11.3 Å². The fourth-order valence-electron chi connectivity index (χ4n) is 2.14. The summed E-state index contributed by atoms with van der Waals surface area (Å²) < 4.78 is 14.9. The van der Waals surface area contributed by atoms with E-state index in [1.54, 1.807) is 11.3 Å². The summed E-state index contributed by atoms with van der Waals surface area (Å²) in [6, 6.07) is 13.0. The van der Waals surface area contributed by atoms with E-state index in [4.69, 9.17) is 0 Å². The van der Waals surface area contributed by atoms with Gasteiger partial charge in [0.05, 0.1) is 8.61 Å². The number of alkyl halides is 1. The van der Waals surface area contributed by atoms with Crippen molar-refractivity contribution in [1.82, 2.24) is 0 Å². The molecule has 0 saturated heterocycles. The second kappa shape index (κ2) is 5.35. The zero-order valence-electron chi connectivity index (χ0n) is 9.74. The van der Waals surface area contributed by atoms with Crippen molar-refractivity contribution in [2.45, 2.75) is 4.83 Å². The Morgan fingerprint density at radius 2 is 1.79 bits per heavy atom. The van der Waals surface area contributed by atoms with Gasteiger partial charge >= 0.3 is 0 Å². The zero-order chi connectivity index (χ0) is 13.4. The number of fused-ring (bicyclic) bond motifs is 1. The molecule has 19 heavy (non-hydrogen) atoms. The highest BCUT2D eigenvalue weighted by molar-refractivity contribution is 9.11. The summed E-state index contributed by atoms with van der Waals surface area (Å²) in [5, 5.41) is 3.71. The van der Waals surface area contributed by atoms with E-state index in [1.807, 2.05) is 30.3 Å². The molecule has 0 saturated carbocycles. The van der Waals surface area contributed by atoms with Crippen LogP contribution in [0.3, 0.4) is 0 Å². The maximum absolute atomic E-state index is 13.8. The van der Waals surface area contributed by atoms with Gasteiger partial charge in [0.1, 0.15) is 5.82 Å². The van der Waals surface area contributed by atoms with Gasteiger partial charge in [-0.3, -0.25) is 0 Å². The summed E-state index contributed by atoms with van der Waals surface area (Å²) in [4.78, 5) is 0.0700. The van der Waals surface area contributed by atoms with E-state index in [1.165, 1.54) is 11.6 Å². The minimum atomic E-state index is -0.175. The van der Waals surface area contributed by atoms with Crippen LogP contribution in [0.15, 0.2) is 51.6 Å². The van der Waals surface area contributed by atoms with Crippen LogP contribution in [0.1, 0.15) is 16.0 Å². The number of hydrogen-bond donors (Lipinski definition) is 0. The van der Waals surface area contributed by atoms with Gasteiger partial charge in [0.2, 0.25) is 0 Å². The molecule has 0 nitrogen and oxygen atoms in total. The largest absolute Gasteiger partial charge is 0.206 e. The standard InChI is InChI=1S/C15H9Br2FS/c16-14-7-9(8-19-14)15(17)12-5-6-13(18)11-4-2-1-3-10(11)12/h1-8,15H. The molecule has 0 radical (unpaired) electrons. The van der Waals surface area contributed by atoms with Crippen molar-refractivity contribution >= 4 is 54.0 Å². The van der Waals surface area contributed by atoms with Crippen LogP contribution in [-0.4, -0.2) is 0 Å². The fourth-order valence-corrected chi connectivity index (χ4v) is 4.18. The Bertz CT molecular complexity index is 736. The average molecular weight is 400 g/mol. The molecule has 0 aliphatic carbocycles. The molecule has 0 aliphatic rings. The van der Waals surface area contributed by atoms with E-state index >= 15 is 0 Å². The summed E-state index contributed by atoms with van der Waals surface area (Å²) in [6.07, 6.45) is 0. The molecular weight excluding hydrogens is 391 g/mol. The Kier molecular flexibility index (Phi) is 3.74. The summed E-state index contributed by atoms with van der Waals surface area (Å²) in [7, 11) is 0. The molecule has 0 bridgehead atoms. The third-order valence-electron chi connectivity index (χ3n) is 3.06. The Balaban J connectivity index is 2.18. The van der Waals surface area contributed by atoms with Gasteiger partial charge in [0.15, 0.2) is 0 Å². The molecule has 4 heteroatoms. The first-order valence-electron chi connectivity index (χ1n) is 5.72. The third kappa shape index (κ3) is 2.49. The van der Waals surface area contributed by atoms with Gasteiger partial charge < -0.3 is 0 Å². The van der Waals surface area contributed by atoms with Crippen molar-refractivity contribution < 1.29 is 4.39 Å². The van der Waals surface area contributed by atoms with Crippen LogP contribution in [-0.2, 0) is 0 Å². The van der Waals surface area contributed by atoms with Crippen LogP contribution in [0.25, 0.3) is 10.8 Å². The molecule has 0 aliphatic heterocycles. The van der Waals surface area contributed by atoms with Crippen molar-refractivity contribution in [3.05, 3.63) is 68.6 Å². The number of thiophene rings is 1. The fraction of sp³-hybridized carbons (Fsp3) is 0.0667. The van der Waals surface area contributed by atoms with Crippen LogP contribution in [0, 0.1) is 5.82 Å². The van der Waals surface area contributed by atoms with E-state index in [-0.39, 0.29) is 10.6 Å². The van der Waals surface area contributed by atoms with Gasteiger partial charge in [-0.25, -0.2) is 4.39 Å². The highest BCUT2D eigenvalue weighted by Crippen LogP contribution is 2.38. The SMILES string of the molecule is Fc1ccc(C(Br)c2csc(Br)c2)c2ccccc12. The highest BCUT2D eigenvalue weighted by atomic mass is 79.9. The predicted molar refractivity (Wildman–Crippen MR) is 86.7 cm³/mol. The Morgan fingerprint density at radius 3 is 2.47 bits per heavy atom. The molecule has 0 amide bonds. The van der Waals surface area contributed by atoms with Crippen molar-refractivity contribution in [3.63, 3.8) is 0 Å². The topological polar surface area (TPSA) is 0 Å². The van der Waals surface area contributed by atoms with Gasteiger partial charge in [-0.2, -0.15) is 0 Å². The third-order valence-corrected chi connectivity index (χ3v) is 5.60. The monoisotopic (exact) mass is 398 g/mol. The summed E-state index contributed by atoms with van der Waals surface area (Å²) in [6.45, 7) is 0. The molecule has 1 heterocycles. The van der Waals surface area contributed by atoms with Crippen LogP contribution in [0.4, 0.5) is 4.39 Å². The van der Waals surface area contributed by atoms with Gasteiger partial charge in [0.25, 0.3) is 0 Å². The lowest BCUT2D eigenvalue weighted by Crippen LogP contribution is -1.93. The lowest BCUT2D eigenvalue weighted by molar-refractivity contribution is 0.639. The first kappa shape index (κ1) is 13.3. The molecule has 0 spiro atoms. The molecule has 2 aromatic carbocycles. The van der Waals surface area contributed by atoms with E-state index < -0.39 is 0 Å². The van der Waals surface area contributed by atoms with E-state index in [2.05, 4.69) is 43.3 Å².